The molecule has 7 rings (SSSR count). The van der Waals surface area contributed by atoms with Gasteiger partial charge in [0.15, 0.2) is 6.11 Å². The molecule has 0 saturated heterocycles. The predicted octanol–water partition coefficient (Wildman–Crippen LogP) is 8.41. The molecule has 0 aliphatic carbocycles. The Balaban J connectivity index is 0.000000372. The molecule has 0 aliphatic rings. The minimum Gasteiger partial charge on any atom is -0.508 e. The average molecular weight is 1220 g/mol. The minimum atomic E-state index is -1.50. The lowest BCUT2D eigenvalue weighted by molar-refractivity contribution is -0.742. The molecule has 0 aliphatic heterocycles. The number of methoxy groups -OCH3 is 1. The molecule has 6 N–H and O–H groups in total. The van der Waals surface area contributed by atoms with E-state index in [-0.39, 0.29) is 97.4 Å². The van der Waals surface area contributed by atoms with E-state index >= 15 is 0 Å². The van der Waals surface area contributed by atoms with Crippen molar-refractivity contribution in [1.82, 2.24) is 0 Å². The molecular weight excluding hydrogens is 1170 g/mol. The molecule has 0 bridgehead atoms. The number of phenolic OH excluding ortho intramolecular Hbond substituents is 4. The molecule has 87 heavy (non-hydrogen) atoms. The van der Waals surface area contributed by atoms with Gasteiger partial charge in [-0.25, -0.2) is 28.8 Å². The van der Waals surface area contributed by atoms with Crippen LogP contribution in [-0.4, -0.2) is 104 Å². The van der Waals surface area contributed by atoms with Crippen molar-refractivity contribution < 1.29 is 112 Å². The third-order valence-electron chi connectivity index (χ3n) is 10.6. The molecule has 0 amide bonds. The van der Waals surface area contributed by atoms with Gasteiger partial charge in [-0.15, -0.1) is 10.1 Å². The topological polar surface area (TPSA) is 466 Å². The number of rotatable bonds is 15. The Hall–Kier alpha value is -11.5. The van der Waals surface area contributed by atoms with Crippen LogP contribution in [0.1, 0.15) is 87.9 Å². The third kappa shape index (κ3) is 20.7. The number of aromatic carboxylic acids is 1. The average Bonchev–Trinajstić information content (AvgIpc) is 1.41. The summed E-state index contributed by atoms with van der Waals surface area (Å²) in [6.45, 7) is 16.4. The van der Waals surface area contributed by atoms with Gasteiger partial charge in [0.2, 0.25) is 11.5 Å². The number of phenols is 4. The zero-order valence-corrected chi connectivity index (χ0v) is 47.8. The molecule has 32 heteroatoms. The predicted molar refractivity (Wildman–Crippen MR) is 300 cm³/mol. The summed E-state index contributed by atoms with van der Waals surface area (Å²) in [4.78, 5) is 116. The standard InChI is InChI=1S/C13H11NO7.C13H12O5.C12H9NO7.C10H16O5.C7H8O2.HNO3/c1-3-20-12(16)8-4-7-5-9(14(18)19)10(15)6(2)11(7)21-13(8)17;1-3-17-12(15)9-6-8-4-5-10(14)7(2)11(8)18-13(9)16;1-5-9-6(3-7(11(14)15)12(16)20-9)4-8(13(17)18)10(5)19-2;1-4-11-9-10(15-13-6-3)7-8-14-12-5-2;1-5-6(8)3-2-4-7(5)9;2-1(3)4/h4-5,15H,3H2,1-2H3;4-6,14H,3H2,1-2H3;3-4H,1-2H3,(H,14,15);9H,4-6H2,1-3H3;2-4,8-9H,1H3;(H,2,3,4). The molecule has 3 aromatic heterocycles. The van der Waals surface area contributed by atoms with E-state index in [1.165, 1.54) is 51.5 Å². The second-order valence-corrected chi connectivity index (χ2v) is 16.3. The Morgan fingerprint density at radius 2 is 1.03 bits per heavy atom. The van der Waals surface area contributed by atoms with Crippen molar-refractivity contribution in [3.63, 3.8) is 0 Å². The van der Waals surface area contributed by atoms with E-state index in [2.05, 4.69) is 21.8 Å². The fraction of sp³-hybridized carbons (Fsp3) is 0.273. The number of carboxylic acid groups (broad SMARTS) is 1. The van der Waals surface area contributed by atoms with Crippen molar-refractivity contribution in [3.8, 4) is 40.8 Å². The number of esters is 2. The van der Waals surface area contributed by atoms with Crippen LogP contribution < -0.4 is 21.6 Å². The van der Waals surface area contributed by atoms with E-state index in [4.69, 9.17) is 72.6 Å². The number of nitro benzene ring substituents is 2. The van der Waals surface area contributed by atoms with E-state index in [0.717, 1.165) is 24.3 Å². The lowest BCUT2D eigenvalue weighted by Gasteiger charge is -2.08. The van der Waals surface area contributed by atoms with Crippen molar-refractivity contribution in [2.24, 2.45) is 0 Å². The second kappa shape index (κ2) is 34.9. The van der Waals surface area contributed by atoms with Gasteiger partial charge in [0.1, 0.15) is 57.0 Å². The second-order valence-electron chi connectivity index (χ2n) is 16.3. The number of nitro groups is 2. The Bertz CT molecular complexity index is 3880. The summed E-state index contributed by atoms with van der Waals surface area (Å²) in [6.07, 6.45) is 3.62. The number of hydrogen-bond donors (Lipinski definition) is 6. The Labute approximate surface area is 489 Å². The molecule has 466 valence electrons. The molecule has 7 aromatic rings. The van der Waals surface area contributed by atoms with E-state index in [1.54, 1.807) is 53.7 Å². The summed E-state index contributed by atoms with van der Waals surface area (Å²) in [6, 6.07) is 13.5. The zero-order chi connectivity index (χ0) is 65.8. The first kappa shape index (κ1) is 71.6. The number of carbonyl (C=O) groups excluding carboxylic acids is 2. The van der Waals surface area contributed by atoms with Crippen molar-refractivity contribution in [1.29, 1.82) is 0 Å². The number of benzene rings is 4. The molecule has 4 aromatic carbocycles. The van der Waals surface area contributed by atoms with Gasteiger partial charge in [0, 0.05) is 56.5 Å². The first-order chi connectivity index (χ1) is 41.1. The van der Waals surface area contributed by atoms with Crippen molar-refractivity contribution in [3.05, 3.63) is 173 Å². The number of aryl methyl sites for hydroxylation is 3. The maximum atomic E-state index is 11.7. The summed E-state index contributed by atoms with van der Waals surface area (Å²) in [5.41, 5.74) is -3.08. The van der Waals surface area contributed by atoms with Gasteiger partial charge in [-0.3, -0.25) is 25.1 Å². The first-order valence-corrected chi connectivity index (χ1v) is 24.9. The number of ether oxygens (including phenoxy) is 4. The number of aromatic hydroxyl groups is 4. The van der Waals surface area contributed by atoms with E-state index in [1.807, 2.05) is 6.92 Å². The Morgan fingerprint density at radius 1 is 0.586 bits per heavy atom. The van der Waals surface area contributed by atoms with Crippen molar-refractivity contribution in [2.75, 3.05) is 40.1 Å². The fourth-order valence-electron chi connectivity index (χ4n) is 6.62. The molecule has 0 unspecified atom stereocenters. The number of hydrogen-bond acceptors (Lipinski definition) is 27. The molecular formula is C55H57N3O29. The normalized spacial score (nSPS) is 10.2. The molecule has 0 fully saturated rings. The molecule has 0 saturated carbocycles. The van der Waals surface area contributed by atoms with Gasteiger partial charge in [0.25, 0.3) is 10.8 Å². The van der Waals surface area contributed by atoms with E-state index in [0.29, 0.717) is 36.3 Å². The summed E-state index contributed by atoms with van der Waals surface area (Å²) < 4.78 is 34.3. The lowest BCUT2D eigenvalue weighted by Crippen LogP contribution is -2.16. The highest BCUT2D eigenvalue weighted by molar-refractivity contribution is 5.96. The van der Waals surface area contributed by atoms with Crippen LogP contribution in [0.15, 0.2) is 100 Å². The van der Waals surface area contributed by atoms with Crippen LogP contribution in [0, 0.1) is 70.1 Å². The van der Waals surface area contributed by atoms with Crippen LogP contribution in [0.2, 0.25) is 0 Å². The largest absolute Gasteiger partial charge is 0.508 e. The smallest absolute Gasteiger partial charge is 0.351 e. The Kier molecular flexibility index (Phi) is 28.7. The van der Waals surface area contributed by atoms with Crippen LogP contribution in [-0.2, 0) is 33.8 Å². The fourth-order valence-corrected chi connectivity index (χ4v) is 6.62. The maximum absolute atomic E-state index is 11.7. The van der Waals surface area contributed by atoms with Gasteiger partial charge in [-0.2, -0.15) is 9.78 Å². The molecule has 32 nitrogen and oxygen atoms in total. The monoisotopic (exact) mass is 1220 g/mol. The zero-order valence-electron chi connectivity index (χ0n) is 47.8. The highest BCUT2D eigenvalue weighted by Crippen LogP contribution is 2.37. The number of allylic oxidation sites excluding steroid dienone is 1. The molecule has 3 heterocycles. The quantitative estimate of drug-likeness (QED) is 0.00819. The van der Waals surface area contributed by atoms with Gasteiger partial charge < -0.3 is 67.8 Å². The minimum absolute atomic E-state index is 0.0175. The molecule has 0 spiro atoms. The van der Waals surface area contributed by atoms with Gasteiger partial charge in [-0.05, 0) is 105 Å². The first-order valence-electron chi connectivity index (χ1n) is 24.9. The van der Waals surface area contributed by atoms with Crippen LogP contribution in [0.5, 0.6) is 28.7 Å². The number of carboxylic acids is 1. The number of carbonyl (C=O) groups is 3. The summed E-state index contributed by atoms with van der Waals surface area (Å²) in [7, 11) is 1.25. The summed E-state index contributed by atoms with van der Waals surface area (Å²) >= 11 is 0. The number of nitrogens with zero attached hydrogens (tertiary/aromatic N) is 3. The summed E-state index contributed by atoms with van der Waals surface area (Å²) in [5, 5.41) is 82.3. The van der Waals surface area contributed by atoms with Crippen LogP contribution in [0.3, 0.4) is 0 Å². The van der Waals surface area contributed by atoms with Crippen LogP contribution in [0.25, 0.3) is 32.9 Å². The van der Waals surface area contributed by atoms with Crippen molar-refractivity contribution in [2.45, 2.75) is 62.3 Å². The van der Waals surface area contributed by atoms with Gasteiger partial charge in [0.05, 0.1) is 50.0 Å². The van der Waals surface area contributed by atoms with E-state index < -0.39 is 66.7 Å². The van der Waals surface area contributed by atoms with Crippen molar-refractivity contribution >= 4 is 62.2 Å². The SMILES string of the molecule is CCOC(=O)c1cc2cc([N+](=O)[O-])c(O)c(C)c2oc1=O.CCOC(=O)c1cc2ccc(O)c(C)c2oc1=O.CCOC=C(C#COOCC)OOCC.COc1c([N+](=O)[O-])cc2cc(C(=O)O)c(=O)oc2c1C.Cc1c(O)cccc1O.O=[N+]([O-])O. The van der Waals surface area contributed by atoms with Gasteiger partial charge in [-0.1, -0.05) is 6.07 Å². The lowest BCUT2D eigenvalue weighted by atomic mass is 10.1. The van der Waals surface area contributed by atoms with Gasteiger partial charge >= 0.3 is 46.2 Å². The van der Waals surface area contributed by atoms with E-state index in [9.17, 15) is 59.2 Å². The van der Waals surface area contributed by atoms with Crippen LogP contribution >= 0.6 is 0 Å². The van der Waals surface area contributed by atoms with Crippen LogP contribution in [0.4, 0.5) is 11.4 Å². The molecule has 0 radical (unpaired) electrons. The maximum Gasteiger partial charge on any atom is 0.351 e. The highest BCUT2D eigenvalue weighted by Gasteiger charge is 2.25. The highest BCUT2D eigenvalue weighted by atomic mass is 17.2. The number of fused-ring (bicyclic) bond motifs is 3. The Morgan fingerprint density at radius 3 is 1.48 bits per heavy atom. The summed E-state index contributed by atoms with van der Waals surface area (Å²) in [5.74, 6) is -0.620. The molecule has 0 atom stereocenters. The third-order valence-corrected chi connectivity index (χ3v) is 10.6.